The third kappa shape index (κ3) is 1.72. The van der Waals surface area contributed by atoms with E-state index in [1.807, 2.05) is 19.2 Å². The molecule has 1 heterocycles. The van der Waals surface area contributed by atoms with Gasteiger partial charge in [0.25, 0.3) is 0 Å². The van der Waals surface area contributed by atoms with Gasteiger partial charge in [-0.15, -0.1) is 0 Å². The number of nitrogens with one attached hydrogen (secondary N) is 1. The summed E-state index contributed by atoms with van der Waals surface area (Å²) in [6.07, 6.45) is 1.74. The second-order valence-corrected chi connectivity index (χ2v) is 3.49. The van der Waals surface area contributed by atoms with E-state index in [0.717, 1.165) is 34.6 Å². The summed E-state index contributed by atoms with van der Waals surface area (Å²) < 4.78 is 16.0. The van der Waals surface area contributed by atoms with Crippen LogP contribution in [0.15, 0.2) is 22.8 Å². The highest BCUT2D eigenvalue weighted by molar-refractivity contribution is 5.89. The van der Waals surface area contributed by atoms with E-state index in [1.54, 1.807) is 20.5 Å². The molecule has 0 fully saturated rings. The van der Waals surface area contributed by atoms with Gasteiger partial charge in [-0.25, -0.2) is 0 Å². The topological polar surface area (TPSA) is 43.6 Å². The molecule has 0 saturated carbocycles. The highest BCUT2D eigenvalue weighted by atomic mass is 16.5. The van der Waals surface area contributed by atoms with Crippen LogP contribution in [0.1, 0.15) is 5.56 Å². The highest BCUT2D eigenvalue weighted by Gasteiger charge is 2.12. The van der Waals surface area contributed by atoms with Crippen molar-refractivity contribution in [3.63, 3.8) is 0 Å². The Hall–Kier alpha value is -1.68. The minimum atomic E-state index is 0.731. The summed E-state index contributed by atoms with van der Waals surface area (Å²) in [6.45, 7) is 0.746. The van der Waals surface area contributed by atoms with Crippen molar-refractivity contribution in [1.82, 2.24) is 5.32 Å². The lowest BCUT2D eigenvalue weighted by Gasteiger charge is -2.06. The van der Waals surface area contributed by atoms with Crippen LogP contribution in [0.5, 0.6) is 11.5 Å². The Kier molecular flexibility index (Phi) is 3.01. The van der Waals surface area contributed by atoms with Crippen LogP contribution in [-0.4, -0.2) is 21.3 Å². The number of methoxy groups -OCH3 is 2. The first-order chi connectivity index (χ1) is 7.80. The van der Waals surface area contributed by atoms with E-state index >= 15 is 0 Å². The summed E-state index contributed by atoms with van der Waals surface area (Å²) in [5.41, 5.74) is 1.86. The minimum Gasteiger partial charge on any atom is -0.496 e. The summed E-state index contributed by atoms with van der Waals surface area (Å²) >= 11 is 0. The van der Waals surface area contributed by atoms with Crippen molar-refractivity contribution < 1.29 is 13.9 Å². The third-order valence-electron chi connectivity index (χ3n) is 2.51. The van der Waals surface area contributed by atoms with Crippen LogP contribution in [0.25, 0.3) is 11.0 Å². The zero-order valence-electron chi connectivity index (χ0n) is 9.66. The van der Waals surface area contributed by atoms with Gasteiger partial charge in [0.2, 0.25) is 0 Å². The molecule has 0 spiro atoms. The molecule has 16 heavy (non-hydrogen) atoms. The van der Waals surface area contributed by atoms with Crippen molar-refractivity contribution in [3.8, 4) is 11.5 Å². The van der Waals surface area contributed by atoms with E-state index in [9.17, 15) is 0 Å². The molecule has 0 bridgehead atoms. The van der Waals surface area contributed by atoms with Crippen molar-refractivity contribution in [1.29, 1.82) is 0 Å². The Labute approximate surface area is 94.1 Å². The van der Waals surface area contributed by atoms with Crippen LogP contribution in [-0.2, 0) is 6.54 Å². The van der Waals surface area contributed by atoms with Crippen molar-refractivity contribution in [2.75, 3.05) is 21.3 Å². The Bertz CT molecular complexity index is 490. The molecule has 1 aromatic carbocycles. The highest BCUT2D eigenvalue weighted by Crippen LogP contribution is 2.34. The van der Waals surface area contributed by atoms with E-state index < -0.39 is 0 Å². The molecule has 0 amide bonds. The number of ether oxygens (including phenoxy) is 2. The smallest absolute Gasteiger partial charge is 0.141 e. The van der Waals surface area contributed by atoms with E-state index in [2.05, 4.69) is 5.32 Å². The Balaban J connectivity index is 2.62. The van der Waals surface area contributed by atoms with Crippen molar-refractivity contribution in [2.45, 2.75) is 6.54 Å². The molecule has 0 atom stereocenters. The zero-order chi connectivity index (χ0) is 11.5. The molecule has 1 aromatic heterocycles. The summed E-state index contributed by atoms with van der Waals surface area (Å²) in [6, 6.07) is 3.72. The van der Waals surface area contributed by atoms with Gasteiger partial charge in [0.1, 0.15) is 17.1 Å². The van der Waals surface area contributed by atoms with Crippen LogP contribution in [0.4, 0.5) is 0 Å². The molecule has 0 aliphatic carbocycles. The predicted octanol–water partition coefficient (Wildman–Crippen LogP) is 2.17. The number of rotatable bonds is 4. The fourth-order valence-electron chi connectivity index (χ4n) is 1.77. The molecule has 2 aromatic rings. The first-order valence-corrected chi connectivity index (χ1v) is 5.07. The lowest BCUT2D eigenvalue weighted by atomic mass is 10.1. The lowest BCUT2D eigenvalue weighted by Crippen LogP contribution is -2.04. The Morgan fingerprint density at radius 1 is 1.25 bits per heavy atom. The maximum absolute atomic E-state index is 5.49. The molecule has 86 valence electrons. The fraction of sp³-hybridized carbons (Fsp3) is 0.333. The summed E-state index contributed by atoms with van der Waals surface area (Å²) in [7, 11) is 5.16. The lowest BCUT2D eigenvalue weighted by molar-refractivity contribution is 0.397. The van der Waals surface area contributed by atoms with Crippen molar-refractivity contribution in [3.05, 3.63) is 24.0 Å². The molecule has 4 heteroatoms. The van der Waals surface area contributed by atoms with Gasteiger partial charge in [-0.1, -0.05) is 0 Å². The van der Waals surface area contributed by atoms with E-state index in [1.165, 1.54) is 0 Å². The van der Waals surface area contributed by atoms with E-state index in [4.69, 9.17) is 13.9 Å². The Morgan fingerprint density at radius 2 is 2.06 bits per heavy atom. The van der Waals surface area contributed by atoms with Crippen LogP contribution < -0.4 is 14.8 Å². The first kappa shape index (κ1) is 10.8. The average Bonchev–Trinajstić information content (AvgIpc) is 2.72. The van der Waals surface area contributed by atoms with Gasteiger partial charge in [-0.3, -0.25) is 0 Å². The van der Waals surface area contributed by atoms with Crippen LogP contribution in [0, 0.1) is 0 Å². The average molecular weight is 221 g/mol. The Morgan fingerprint density at radius 3 is 2.69 bits per heavy atom. The molecule has 0 unspecified atom stereocenters. The SMILES string of the molecule is CNCc1coc2cc(OC)cc(OC)c12. The monoisotopic (exact) mass is 221 g/mol. The summed E-state index contributed by atoms with van der Waals surface area (Å²) in [4.78, 5) is 0. The maximum atomic E-state index is 5.49. The molecule has 0 aliphatic heterocycles. The molecular formula is C12H15NO3. The molecule has 0 saturated heterocycles. The van der Waals surface area contributed by atoms with Gasteiger partial charge < -0.3 is 19.2 Å². The standard InChI is InChI=1S/C12H15NO3/c1-13-6-8-7-16-11-5-9(14-2)4-10(15-3)12(8)11/h4-5,7,13H,6H2,1-3H3. The van der Waals surface area contributed by atoms with Crippen LogP contribution in [0.3, 0.4) is 0 Å². The van der Waals surface area contributed by atoms with Crippen molar-refractivity contribution in [2.24, 2.45) is 0 Å². The van der Waals surface area contributed by atoms with Crippen LogP contribution >= 0.6 is 0 Å². The number of benzene rings is 1. The summed E-state index contributed by atoms with van der Waals surface area (Å²) in [5, 5.41) is 4.09. The molecule has 1 N–H and O–H groups in total. The summed E-state index contributed by atoms with van der Waals surface area (Å²) in [5.74, 6) is 1.50. The van der Waals surface area contributed by atoms with Gasteiger partial charge in [-0.05, 0) is 7.05 Å². The molecule has 4 nitrogen and oxygen atoms in total. The number of hydrogen-bond donors (Lipinski definition) is 1. The third-order valence-corrected chi connectivity index (χ3v) is 2.51. The second kappa shape index (κ2) is 4.45. The second-order valence-electron chi connectivity index (χ2n) is 3.49. The van der Waals surface area contributed by atoms with Gasteiger partial charge in [0.15, 0.2) is 0 Å². The molecular weight excluding hydrogens is 206 g/mol. The van der Waals surface area contributed by atoms with Gasteiger partial charge >= 0.3 is 0 Å². The molecule has 0 radical (unpaired) electrons. The molecule has 2 rings (SSSR count). The fourth-order valence-corrected chi connectivity index (χ4v) is 1.77. The zero-order valence-corrected chi connectivity index (χ0v) is 9.66. The maximum Gasteiger partial charge on any atom is 0.141 e. The number of fused-ring (bicyclic) bond motifs is 1. The predicted molar refractivity (Wildman–Crippen MR) is 62.1 cm³/mol. The number of hydrogen-bond acceptors (Lipinski definition) is 4. The van der Waals surface area contributed by atoms with Gasteiger partial charge in [-0.2, -0.15) is 0 Å². The normalized spacial score (nSPS) is 10.7. The quantitative estimate of drug-likeness (QED) is 0.859. The minimum absolute atomic E-state index is 0.731. The van der Waals surface area contributed by atoms with E-state index in [0.29, 0.717) is 0 Å². The van der Waals surface area contributed by atoms with Gasteiger partial charge in [0.05, 0.1) is 25.9 Å². The van der Waals surface area contributed by atoms with Gasteiger partial charge in [0, 0.05) is 24.2 Å². The largest absolute Gasteiger partial charge is 0.496 e. The first-order valence-electron chi connectivity index (χ1n) is 5.07. The number of furan rings is 1. The molecule has 0 aliphatic rings. The van der Waals surface area contributed by atoms with Crippen molar-refractivity contribution >= 4 is 11.0 Å². The van der Waals surface area contributed by atoms with Crippen LogP contribution in [0.2, 0.25) is 0 Å². The van der Waals surface area contributed by atoms with E-state index in [-0.39, 0.29) is 0 Å².